The number of carbonyl (C=O) groups is 1. The van der Waals surface area contributed by atoms with Crippen LogP contribution in [0.5, 0.6) is 11.5 Å². The zero-order valence-corrected chi connectivity index (χ0v) is 16.1. The number of hydrogen-bond donors (Lipinski definition) is 1. The highest BCUT2D eigenvalue weighted by Gasteiger charge is 2.24. The maximum atomic E-state index is 12.0. The van der Waals surface area contributed by atoms with Crippen LogP contribution in [0.25, 0.3) is 17.0 Å². The molecule has 0 unspecified atom stereocenters. The van der Waals surface area contributed by atoms with E-state index in [-0.39, 0.29) is 5.24 Å². The van der Waals surface area contributed by atoms with Crippen LogP contribution in [0.15, 0.2) is 64.6 Å². The van der Waals surface area contributed by atoms with Gasteiger partial charge >= 0.3 is 0 Å². The van der Waals surface area contributed by atoms with E-state index in [9.17, 15) is 4.79 Å². The first-order valence-electron chi connectivity index (χ1n) is 8.52. The average molecular weight is 391 g/mol. The van der Waals surface area contributed by atoms with Crippen molar-refractivity contribution in [3.05, 3.63) is 65.2 Å². The number of para-hydroxylation sites is 1. The van der Waals surface area contributed by atoms with Crippen LogP contribution in [0.4, 0.5) is 10.5 Å². The fourth-order valence-electron chi connectivity index (χ4n) is 2.88. The van der Waals surface area contributed by atoms with Gasteiger partial charge in [-0.1, -0.05) is 24.3 Å². The van der Waals surface area contributed by atoms with Crippen LogP contribution in [0.2, 0.25) is 0 Å². The summed E-state index contributed by atoms with van der Waals surface area (Å²) >= 11 is 1.11. The summed E-state index contributed by atoms with van der Waals surface area (Å²) in [6.45, 7) is 0. The summed E-state index contributed by atoms with van der Waals surface area (Å²) < 4.78 is 10.6. The number of rotatable bonds is 4. The van der Waals surface area contributed by atoms with Gasteiger partial charge in [0.05, 0.1) is 30.3 Å². The molecule has 2 aromatic carbocycles. The molecule has 0 atom stereocenters. The normalized spacial score (nSPS) is 16.6. The quantitative estimate of drug-likeness (QED) is 0.693. The number of methoxy groups -OCH3 is 2. The predicted octanol–water partition coefficient (Wildman–Crippen LogP) is 4.78. The van der Waals surface area contributed by atoms with Gasteiger partial charge in [0.1, 0.15) is 17.3 Å². The summed E-state index contributed by atoms with van der Waals surface area (Å²) in [7, 11) is 3.16. The Morgan fingerprint density at radius 1 is 1.07 bits per heavy atom. The van der Waals surface area contributed by atoms with Crippen molar-refractivity contribution in [2.45, 2.75) is 0 Å². The summed E-state index contributed by atoms with van der Waals surface area (Å²) in [6, 6.07) is 15.2. The number of aliphatic imine (C=N–C) groups is 1. The van der Waals surface area contributed by atoms with E-state index in [1.54, 1.807) is 38.6 Å². The molecular weight excluding hydrogens is 374 g/mol. The van der Waals surface area contributed by atoms with Crippen molar-refractivity contribution >= 4 is 45.5 Å². The third kappa shape index (κ3) is 3.70. The van der Waals surface area contributed by atoms with Crippen LogP contribution in [0.3, 0.4) is 0 Å². The van der Waals surface area contributed by atoms with Gasteiger partial charge in [0.25, 0.3) is 5.24 Å². The van der Waals surface area contributed by atoms with Crippen LogP contribution < -0.4 is 14.8 Å². The standard InChI is InChI=1S/C21H17N3O3S/c1-26-16-10-15(11-17(12-16)27-2)23-20-18(28-21(25)24-20)9-14-6-3-5-13-7-4-8-22-19(13)14/h3-12H,1-2H3,(H,23,24,25). The van der Waals surface area contributed by atoms with Crippen LogP contribution in [-0.4, -0.2) is 30.3 Å². The maximum absolute atomic E-state index is 12.0. The lowest BCUT2D eigenvalue weighted by Gasteiger charge is -2.07. The molecule has 1 aliphatic rings. The number of pyridine rings is 1. The van der Waals surface area contributed by atoms with Crippen molar-refractivity contribution in [2.24, 2.45) is 4.99 Å². The molecule has 0 bridgehead atoms. The number of amides is 1. The number of nitrogens with one attached hydrogen (secondary N) is 1. The lowest BCUT2D eigenvalue weighted by Crippen LogP contribution is -2.18. The second-order valence-corrected chi connectivity index (χ2v) is 6.99. The Morgan fingerprint density at radius 2 is 1.82 bits per heavy atom. The SMILES string of the molecule is COc1cc(N=C2NC(=O)SC2=Cc2cccc3cccnc23)cc(OC)c1. The summed E-state index contributed by atoms with van der Waals surface area (Å²) in [6.07, 6.45) is 3.68. The van der Waals surface area contributed by atoms with Crippen molar-refractivity contribution in [2.75, 3.05) is 14.2 Å². The van der Waals surface area contributed by atoms with Gasteiger partial charge in [0, 0.05) is 35.3 Å². The number of hydrogen-bond acceptors (Lipinski definition) is 6. The number of benzene rings is 2. The maximum Gasteiger partial charge on any atom is 0.289 e. The molecule has 6 nitrogen and oxygen atoms in total. The van der Waals surface area contributed by atoms with Crippen LogP contribution in [-0.2, 0) is 0 Å². The number of ether oxygens (including phenoxy) is 2. The van der Waals surface area contributed by atoms with E-state index in [4.69, 9.17) is 9.47 Å². The molecule has 140 valence electrons. The highest BCUT2D eigenvalue weighted by atomic mass is 32.2. The Balaban J connectivity index is 1.78. The van der Waals surface area contributed by atoms with Gasteiger partial charge in [-0.25, -0.2) is 4.99 Å². The Hall–Kier alpha value is -3.32. The van der Waals surface area contributed by atoms with Crippen molar-refractivity contribution in [3.8, 4) is 11.5 Å². The van der Waals surface area contributed by atoms with E-state index in [2.05, 4.69) is 15.3 Å². The first-order chi connectivity index (χ1) is 13.7. The van der Waals surface area contributed by atoms with Crippen LogP contribution >= 0.6 is 11.8 Å². The summed E-state index contributed by atoms with van der Waals surface area (Å²) in [5.41, 5.74) is 2.42. The Labute approximate surface area is 166 Å². The molecule has 3 aromatic rings. The monoisotopic (exact) mass is 391 g/mol. The van der Waals surface area contributed by atoms with Gasteiger partial charge in [-0.2, -0.15) is 0 Å². The molecule has 1 aromatic heterocycles. The third-order valence-corrected chi connectivity index (χ3v) is 5.00. The minimum Gasteiger partial charge on any atom is -0.497 e. The molecule has 1 aliphatic heterocycles. The fraction of sp³-hybridized carbons (Fsp3) is 0.0952. The number of nitrogens with zero attached hydrogens (tertiary/aromatic N) is 2. The van der Waals surface area contributed by atoms with Gasteiger partial charge in [-0.15, -0.1) is 0 Å². The molecule has 0 radical (unpaired) electrons. The van der Waals surface area contributed by atoms with Crippen LogP contribution in [0.1, 0.15) is 5.56 Å². The number of fused-ring (bicyclic) bond motifs is 1. The smallest absolute Gasteiger partial charge is 0.289 e. The zero-order chi connectivity index (χ0) is 19.5. The first-order valence-corrected chi connectivity index (χ1v) is 9.34. The van der Waals surface area contributed by atoms with Gasteiger partial charge in [-0.3, -0.25) is 9.78 Å². The largest absolute Gasteiger partial charge is 0.497 e. The molecule has 1 saturated heterocycles. The van der Waals surface area contributed by atoms with E-state index in [0.29, 0.717) is 23.0 Å². The van der Waals surface area contributed by atoms with E-state index in [1.807, 2.05) is 36.4 Å². The molecule has 0 spiro atoms. The number of aromatic nitrogens is 1. The summed E-state index contributed by atoms with van der Waals surface area (Å²) in [5.74, 6) is 1.73. The predicted molar refractivity (Wildman–Crippen MR) is 112 cm³/mol. The van der Waals surface area contributed by atoms with Crippen LogP contribution in [0, 0.1) is 0 Å². The number of thioether (sulfide) groups is 1. The molecule has 4 rings (SSSR count). The molecule has 1 amide bonds. The summed E-state index contributed by atoms with van der Waals surface area (Å²) in [5, 5.41) is 3.66. The summed E-state index contributed by atoms with van der Waals surface area (Å²) in [4.78, 5) is 21.8. The molecule has 2 heterocycles. The highest BCUT2D eigenvalue weighted by Crippen LogP contribution is 2.32. The Bertz CT molecular complexity index is 1100. The van der Waals surface area contributed by atoms with Gasteiger partial charge in [0.15, 0.2) is 0 Å². The first kappa shape index (κ1) is 18.1. The van der Waals surface area contributed by atoms with Crippen molar-refractivity contribution in [1.82, 2.24) is 10.3 Å². The zero-order valence-electron chi connectivity index (χ0n) is 15.3. The van der Waals surface area contributed by atoms with Crippen molar-refractivity contribution < 1.29 is 14.3 Å². The van der Waals surface area contributed by atoms with E-state index in [1.165, 1.54) is 0 Å². The number of amidine groups is 1. The van der Waals surface area contributed by atoms with E-state index in [0.717, 1.165) is 33.1 Å². The number of carbonyl (C=O) groups excluding carboxylic acids is 1. The second kappa shape index (κ2) is 7.74. The minimum atomic E-state index is -0.173. The van der Waals surface area contributed by atoms with E-state index < -0.39 is 0 Å². The lowest BCUT2D eigenvalue weighted by atomic mass is 10.1. The Morgan fingerprint density at radius 3 is 2.57 bits per heavy atom. The lowest BCUT2D eigenvalue weighted by molar-refractivity contribution is 0.265. The molecule has 0 aliphatic carbocycles. The van der Waals surface area contributed by atoms with Gasteiger partial charge in [0.2, 0.25) is 0 Å². The highest BCUT2D eigenvalue weighted by molar-refractivity contribution is 8.18. The minimum absolute atomic E-state index is 0.173. The molecular formula is C21H17N3O3S. The molecule has 0 saturated carbocycles. The van der Waals surface area contributed by atoms with E-state index >= 15 is 0 Å². The average Bonchev–Trinajstić information content (AvgIpc) is 3.06. The molecule has 1 N–H and O–H groups in total. The Kier molecular flexibility index (Phi) is 4.99. The van der Waals surface area contributed by atoms with Crippen molar-refractivity contribution in [1.29, 1.82) is 0 Å². The van der Waals surface area contributed by atoms with Crippen molar-refractivity contribution in [3.63, 3.8) is 0 Å². The molecule has 28 heavy (non-hydrogen) atoms. The third-order valence-electron chi connectivity index (χ3n) is 4.18. The topological polar surface area (TPSA) is 72.8 Å². The second-order valence-electron chi connectivity index (χ2n) is 5.98. The van der Waals surface area contributed by atoms with Gasteiger partial charge in [-0.05, 0) is 23.9 Å². The van der Waals surface area contributed by atoms with Gasteiger partial charge < -0.3 is 14.8 Å². The molecule has 7 heteroatoms. The molecule has 1 fully saturated rings. The fourth-order valence-corrected chi connectivity index (χ4v) is 3.61.